The standard InChI is InChI=1S/C27H30N4O5S/c1-34-23-7-3-2-6-20(23)22-18-21(25-9-5-17-37-25)28-31(22)26(32)19-30(27(33)24-8-4-14-36-24)11-10-29-12-15-35-16-13-29/h2-9,14,17,22H,10-13,15-16,18-19H2,1H3/t22-/m0/s1. The normalized spacial score (nSPS) is 18.0. The zero-order valence-corrected chi connectivity index (χ0v) is 21.6. The number of thiophene rings is 1. The van der Waals surface area contributed by atoms with E-state index in [1.807, 2.05) is 41.8 Å². The molecule has 0 radical (unpaired) electrons. The summed E-state index contributed by atoms with van der Waals surface area (Å²) < 4.78 is 16.4. The summed E-state index contributed by atoms with van der Waals surface area (Å²) in [7, 11) is 1.62. The third-order valence-corrected chi connectivity index (χ3v) is 7.52. The molecule has 1 aromatic carbocycles. The Morgan fingerprint density at radius 1 is 1.14 bits per heavy atom. The Bertz CT molecular complexity index is 1220. The van der Waals surface area contributed by atoms with Crippen LogP contribution in [0, 0.1) is 0 Å². The number of rotatable bonds is 9. The summed E-state index contributed by atoms with van der Waals surface area (Å²) in [5.41, 5.74) is 1.72. The molecule has 2 aliphatic heterocycles. The molecule has 194 valence electrons. The molecule has 2 amide bonds. The van der Waals surface area contributed by atoms with Gasteiger partial charge in [0.05, 0.1) is 43.2 Å². The van der Waals surface area contributed by atoms with Crippen LogP contribution in [0.2, 0.25) is 0 Å². The second-order valence-corrected chi connectivity index (χ2v) is 9.83. The van der Waals surface area contributed by atoms with Crippen LogP contribution in [-0.4, -0.2) is 85.4 Å². The number of hydrazone groups is 1. The van der Waals surface area contributed by atoms with Crippen LogP contribution in [0.15, 0.2) is 69.7 Å². The van der Waals surface area contributed by atoms with Crippen molar-refractivity contribution in [2.75, 3.05) is 53.0 Å². The van der Waals surface area contributed by atoms with Gasteiger partial charge in [0.1, 0.15) is 12.3 Å². The van der Waals surface area contributed by atoms with Crippen LogP contribution >= 0.6 is 11.3 Å². The van der Waals surface area contributed by atoms with Crippen LogP contribution in [0.3, 0.4) is 0 Å². The predicted molar refractivity (Wildman–Crippen MR) is 140 cm³/mol. The van der Waals surface area contributed by atoms with Gasteiger partial charge in [0.15, 0.2) is 5.76 Å². The summed E-state index contributed by atoms with van der Waals surface area (Å²) in [4.78, 5) is 31.9. The number of nitrogens with zero attached hydrogens (tertiary/aromatic N) is 4. The second kappa shape index (κ2) is 11.7. The first-order chi connectivity index (χ1) is 18.1. The first-order valence-electron chi connectivity index (χ1n) is 12.3. The summed E-state index contributed by atoms with van der Waals surface area (Å²) >= 11 is 1.59. The van der Waals surface area contributed by atoms with E-state index < -0.39 is 0 Å². The minimum absolute atomic E-state index is 0.114. The largest absolute Gasteiger partial charge is 0.496 e. The highest BCUT2D eigenvalue weighted by molar-refractivity contribution is 7.12. The quantitative estimate of drug-likeness (QED) is 0.428. The lowest BCUT2D eigenvalue weighted by molar-refractivity contribution is -0.133. The van der Waals surface area contributed by atoms with Gasteiger partial charge in [-0.1, -0.05) is 24.3 Å². The van der Waals surface area contributed by atoms with Crippen LogP contribution < -0.4 is 4.74 Å². The Balaban J connectivity index is 1.39. The number of furan rings is 1. The van der Waals surface area contributed by atoms with E-state index in [-0.39, 0.29) is 30.2 Å². The Hall–Kier alpha value is -3.47. The Labute approximate surface area is 219 Å². The van der Waals surface area contributed by atoms with Crippen LogP contribution in [0.4, 0.5) is 0 Å². The number of carbonyl (C=O) groups is 2. The molecule has 37 heavy (non-hydrogen) atoms. The minimum atomic E-state index is -0.333. The van der Waals surface area contributed by atoms with Gasteiger partial charge in [0.25, 0.3) is 11.8 Å². The second-order valence-electron chi connectivity index (χ2n) is 8.88. The summed E-state index contributed by atoms with van der Waals surface area (Å²) in [6.07, 6.45) is 2.03. The molecule has 3 aromatic rings. The van der Waals surface area contributed by atoms with Crippen molar-refractivity contribution in [3.63, 3.8) is 0 Å². The third kappa shape index (κ3) is 5.76. The van der Waals surface area contributed by atoms with Crippen molar-refractivity contribution in [2.24, 2.45) is 5.10 Å². The lowest BCUT2D eigenvalue weighted by Crippen LogP contribution is -2.46. The van der Waals surface area contributed by atoms with E-state index in [0.29, 0.717) is 38.5 Å². The molecule has 0 bridgehead atoms. The van der Waals surface area contributed by atoms with Gasteiger partial charge in [-0.05, 0) is 29.6 Å². The van der Waals surface area contributed by atoms with E-state index in [0.717, 1.165) is 29.2 Å². The zero-order chi connectivity index (χ0) is 25.6. The number of hydrogen-bond donors (Lipinski definition) is 0. The van der Waals surface area contributed by atoms with Crippen molar-refractivity contribution in [1.82, 2.24) is 14.8 Å². The van der Waals surface area contributed by atoms with Gasteiger partial charge in [-0.25, -0.2) is 5.01 Å². The Morgan fingerprint density at radius 2 is 1.97 bits per heavy atom. The lowest BCUT2D eigenvalue weighted by Gasteiger charge is -2.31. The van der Waals surface area contributed by atoms with Crippen molar-refractivity contribution >= 4 is 28.9 Å². The Morgan fingerprint density at radius 3 is 2.70 bits per heavy atom. The van der Waals surface area contributed by atoms with Crippen molar-refractivity contribution < 1.29 is 23.5 Å². The first-order valence-corrected chi connectivity index (χ1v) is 13.2. The molecule has 2 aromatic heterocycles. The maximum Gasteiger partial charge on any atom is 0.290 e. The van der Waals surface area contributed by atoms with Crippen LogP contribution in [0.1, 0.15) is 33.5 Å². The smallest absolute Gasteiger partial charge is 0.290 e. The molecule has 1 saturated heterocycles. The van der Waals surface area contributed by atoms with Gasteiger partial charge in [-0.3, -0.25) is 14.5 Å². The maximum atomic E-state index is 13.8. The number of amides is 2. The molecular weight excluding hydrogens is 492 g/mol. The average Bonchev–Trinajstić information content (AvgIpc) is 3.73. The van der Waals surface area contributed by atoms with E-state index in [1.54, 1.807) is 35.5 Å². The SMILES string of the molecule is COc1ccccc1[C@@H]1CC(c2cccs2)=NN1C(=O)CN(CCN1CCOCC1)C(=O)c1ccco1. The molecule has 5 rings (SSSR count). The number of para-hydroxylation sites is 1. The fraction of sp³-hybridized carbons (Fsp3) is 0.370. The van der Waals surface area contributed by atoms with Crippen molar-refractivity contribution in [3.05, 3.63) is 76.4 Å². The van der Waals surface area contributed by atoms with Crippen LogP contribution in [0.5, 0.6) is 5.75 Å². The fourth-order valence-corrected chi connectivity index (χ4v) is 5.37. The maximum absolute atomic E-state index is 13.8. The number of methoxy groups -OCH3 is 1. The predicted octanol–water partition coefficient (Wildman–Crippen LogP) is 3.50. The van der Waals surface area contributed by atoms with Crippen molar-refractivity contribution in [3.8, 4) is 5.75 Å². The van der Waals surface area contributed by atoms with E-state index >= 15 is 0 Å². The number of hydrogen-bond acceptors (Lipinski definition) is 8. The van der Waals surface area contributed by atoms with Gasteiger partial charge < -0.3 is 18.8 Å². The van der Waals surface area contributed by atoms with Gasteiger partial charge in [-0.2, -0.15) is 5.10 Å². The Kier molecular flexibility index (Phi) is 7.98. The van der Waals surface area contributed by atoms with E-state index in [4.69, 9.17) is 19.0 Å². The van der Waals surface area contributed by atoms with Crippen LogP contribution in [0.25, 0.3) is 0 Å². The molecule has 10 heteroatoms. The van der Waals surface area contributed by atoms with Gasteiger partial charge in [0, 0.05) is 38.2 Å². The molecule has 0 aliphatic carbocycles. The molecule has 0 spiro atoms. The molecule has 1 fully saturated rings. The zero-order valence-electron chi connectivity index (χ0n) is 20.7. The number of carbonyl (C=O) groups excluding carboxylic acids is 2. The van der Waals surface area contributed by atoms with Crippen LogP contribution in [-0.2, 0) is 9.53 Å². The molecule has 0 N–H and O–H groups in total. The van der Waals surface area contributed by atoms with Gasteiger partial charge in [-0.15, -0.1) is 11.3 Å². The summed E-state index contributed by atoms with van der Waals surface area (Å²) in [6.45, 7) is 3.85. The van der Waals surface area contributed by atoms with Crippen molar-refractivity contribution in [2.45, 2.75) is 12.5 Å². The number of benzene rings is 1. The average molecular weight is 523 g/mol. The van der Waals surface area contributed by atoms with Gasteiger partial charge in [0.2, 0.25) is 0 Å². The summed E-state index contributed by atoms with van der Waals surface area (Å²) in [5.74, 6) is 0.329. The molecule has 9 nitrogen and oxygen atoms in total. The number of morpholine rings is 1. The highest BCUT2D eigenvalue weighted by Crippen LogP contribution is 2.38. The first kappa shape index (κ1) is 25.2. The minimum Gasteiger partial charge on any atom is -0.496 e. The van der Waals surface area contributed by atoms with Crippen molar-refractivity contribution in [1.29, 1.82) is 0 Å². The molecule has 1 atom stereocenters. The lowest BCUT2D eigenvalue weighted by atomic mass is 10.00. The topological polar surface area (TPSA) is 87.8 Å². The van der Waals surface area contributed by atoms with Gasteiger partial charge >= 0.3 is 0 Å². The third-order valence-electron chi connectivity index (χ3n) is 6.60. The van der Waals surface area contributed by atoms with E-state index in [1.165, 1.54) is 11.3 Å². The highest BCUT2D eigenvalue weighted by atomic mass is 32.1. The summed E-state index contributed by atoms with van der Waals surface area (Å²) in [5, 5.41) is 8.27. The molecular formula is C27H30N4O5S. The monoisotopic (exact) mass is 522 g/mol. The van der Waals surface area contributed by atoms with E-state index in [2.05, 4.69) is 4.90 Å². The fourth-order valence-electron chi connectivity index (χ4n) is 4.65. The summed E-state index contributed by atoms with van der Waals surface area (Å²) in [6, 6.07) is 14.6. The van der Waals surface area contributed by atoms with E-state index in [9.17, 15) is 9.59 Å². The number of ether oxygens (including phenoxy) is 2. The molecule has 4 heterocycles. The highest BCUT2D eigenvalue weighted by Gasteiger charge is 2.36. The molecule has 0 saturated carbocycles. The molecule has 0 unspecified atom stereocenters. The molecule has 2 aliphatic rings.